The van der Waals surface area contributed by atoms with Crippen molar-refractivity contribution in [2.75, 3.05) is 18.6 Å². The number of aromatic nitrogens is 2. The van der Waals surface area contributed by atoms with Crippen LogP contribution in [0.15, 0.2) is 11.6 Å². The first-order valence-electron chi connectivity index (χ1n) is 4.74. The Bertz CT molecular complexity index is 615. The maximum absolute atomic E-state index is 11.1. The lowest BCUT2D eigenvalue weighted by Crippen LogP contribution is -1.99. The third-order valence-electron chi connectivity index (χ3n) is 1.91. The summed E-state index contributed by atoms with van der Waals surface area (Å²) in [5.41, 5.74) is 0.830. The molecule has 2 aromatic heterocycles. The van der Waals surface area contributed by atoms with Gasteiger partial charge in [0.05, 0.1) is 10.6 Å². The summed E-state index contributed by atoms with van der Waals surface area (Å²) in [6, 6.07) is 0. The Labute approximate surface area is 107 Å². The molecule has 0 saturated heterocycles. The molecule has 1 N–H and O–H groups in total. The average Bonchev–Trinajstić information content (AvgIpc) is 2.82. The smallest absolute Gasteiger partial charge is 0.182 e. The van der Waals surface area contributed by atoms with E-state index in [-0.39, 0.29) is 5.75 Å². The van der Waals surface area contributed by atoms with Gasteiger partial charge in [0.2, 0.25) is 0 Å². The fourth-order valence-corrected chi connectivity index (χ4v) is 4.04. The molecule has 0 aliphatic rings. The topological polar surface area (TPSA) is 72.0 Å². The van der Waals surface area contributed by atoms with Gasteiger partial charge in [0.15, 0.2) is 15.0 Å². The molecule has 0 atom stereocenters. The van der Waals surface area contributed by atoms with Gasteiger partial charge in [-0.05, 0) is 0 Å². The van der Waals surface area contributed by atoms with Crippen LogP contribution < -0.4 is 5.32 Å². The Kier molecular flexibility index (Phi) is 3.45. The van der Waals surface area contributed by atoms with E-state index in [2.05, 4.69) is 15.3 Å². The lowest BCUT2D eigenvalue weighted by atomic mass is 10.4. The van der Waals surface area contributed by atoms with Crippen LogP contribution in [-0.4, -0.2) is 31.7 Å². The second-order valence-corrected chi connectivity index (χ2v) is 7.59. The summed E-state index contributed by atoms with van der Waals surface area (Å²) in [6.07, 6.45) is 2.87. The minimum absolute atomic E-state index is 0.0132. The van der Waals surface area contributed by atoms with Gasteiger partial charge in [-0.1, -0.05) is 0 Å². The van der Waals surface area contributed by atoms with Crippen LogP contribution in [-0.2, 0) is 15.6 Å². The SMILES string of the molecule is CNc1nc(-c2cnc(CS(C)(=O)=O)s2)cs1. The normalized spacial score (nSPS) is 11.6. The zero-order chi connectivity index (χ0) is 12.5. The van der Waals surface area contributed by atoms with Crippen molar-refractivity contribution in [1.82, 2.24) is 9.97 Å². The van der Waals surface area contributed by atoms with Crippen molar-refractivity contribution in [2.45, 2.75) is 5.75 Å². The molecule has 0 fully saturated rings. The van der Waals surface area contributed by atoms with E-state index in [1.165, 1.54) is 28.9 Å². The van der Waals surface area contributed by atoms with Gasteiger partial charge in [-0.15, -0.1) is 22.7 Å². The first kappa shape index (κ1) is 12.5. The van der Waals surface area contributed by atoms with E-state index in [1.54, 1.807) is 6.20 Å². The van der Waals surface area contributed by atoms with Crippen molar-refractivity contribution in [3.05, 3.63) is 16.6 Å². The number of sulfone groups is 1. The van der Waals surface area contributed by atoms with Crippen molar-refractivity contribution in [2.24, 2.45) is 0 Å². The third-order valence-corrected chi connectivity index (χ3v) is 4.77. The Balaban J connectivity index is 2.23. The molecule has 0 aliphatic heterocycles. The van der Waals surface area contributed by atoms with Crippen LogP contribution in [0, 0.1) is 0 Å². The van der Waals surface area contributed by atoms with E-state index in [9.17, 15) is 8.42 Å². The second kappa shape index (κ2) is 4.71. The highest BCUT2D eigenvalue weighted by Gasteiger charge is 2.11. The predicted octanol–water partition coefficient (Wildman–Crippen LogP) is 1.85. The molecule has 17 heavy (non-hydrogen) atoms. The van der Waals surface area contributed by atoms with E-state index < -0.39 is 9.84 Å². The van der Waals surface area contributed by atoms with Crippen LogP contribution in [0.2, 0.25) is 0 Å². The number of thiazole rings is 2. The first-order chi connectivity index (χ1) is 7.98. The third kappa shape index (κ3) is 3.24. The van der Waals surface area contributed by atoms with Gasteiger partial charge in [-0.3, -0.25) is 0 Å². The molecule has 0 spiro atoms. The van der Waals surface area contributed by atoms with E-state index >= 15 is 0 Å². The minimum Gasteiger partial charge on any atom is -0.365 e. The van der Waals surface area contributed by atoms with Gasteiger partial charge in [0.1, 0.15) is 10.8 Å². The molecule has 0 unspecified atom stereocenters. The molecule has 0 aliphatic carbocycles. The van der Waals surface area contributed by atoms with Gasteiger partial charge >= 0.3 is 0 Å². The van der Waals surface area contributed by atoms with Crippen LogP contribution in [0.4, 0.5) is 5.13 Å². The Morgan fingerprint density at radius 2 is 2.24 bits per heavy atom. The maximum Gasteiger partial charge on any atom is 0.182 e. The minimum atomic E-state index is -3.03. The molecule has 2 heterocycles. The number of hydrogen-bond acceptors (Lipinski definition) is 7. The van der Waals surface area contributed by atoms with Crippen LogP contribution in [0.5, 0.6) is 0 Å². The summed E-state index contributed by atoms with van der Waals surface area (Å²) < 4.78 is 22.3. The summed E-state index contributed by atoms with van der Waals surface area (Å²) >= 11 is 2.87. The van der Waals surface area contributed by atoms with Gasteiger partial charge in [-0.2, -0.15) is 0 Å². The van der Waals surface area contributed by atoms with Gasteiger partial charge in [-0.25, -0.2) is 18.4 Å². The second-order valence-electron chi connectivity index (χ2n) is 3.48. The van der Waals surface area contributed by atoms with Crippen molar-refractivity contribution in [3.63, 3.8) is 0 Å². The average molecular weight is 289 g/mol. The maximum atomic E-state index is 11.1. The zero-order valence-corrected chi connectivity index (χ0v) is 11.7. The number of hydrogen-bond donors (Lipinski definition) is 1. The lowest BCUT2D eigenvalue weighted by Gasteiger charge is -1.91. The number of rotatable bonds is 4. The molecule has 0 amide bonds. The van der Waals surface area contributed by atoms with Gasteiger partial charge in [0, 0.05) is 24.9 Å². The monoisotopic (exact) mass is 289 g/mol. The zero-order valence-electron chi connectivity index (χ0n) is 9.30. The summed E-state index contributed by atoms with van der Waals surface area (Å²) in [4.78, 5) is 9.32. The van der Waals surface area contributed by atoms with E-state index in [1.807, 2.05) is 12.4 Å². The van der Waals surface area contributed by atoms with E-state index in [0.717, 1.165) is 15.7 Å². The highest BCUT2D eigenvalue weighted by molar-refractivity contribution is 7.90. The Morgan fingerprint density at radius 1 is 1.47 bits per heavy atom. The fraction of sp³-hybridized carbons (Fsp3) is 0.333. The molecular weight excluding hydrogens is 278 g/mol. The van der Waals surface area contributed by atoms with Crippen LogP contribution in [0.1, 0.15) is 5.01 Å². The molecule has 0 saturated carbocycles. The number of nitrogens with one attached hydrogen (secondary N) is 1. The standard InChI is InChI=1S/C9H11N3O2S3/c1-10-9-12-6(4-15-9)7-3-11-8(16-7)5-17(2,13)14/h3-4H,5H2,1-2H3,(H,10,12). The summed E-state index contributed by atoms with van der Waals surface area (Å²) in [7, 11) is -1.22. The van der Waals surface area contributed by atoms with Crippen molar-refractivity contribution < 1.29 is 8.42 Å². The largest absolute Gasteiger partial charge is 0.365 e. The van der Waals surface area contributed by atoms with Crippen molar-refractivity contribution in [1.29, 1.82) is 0 Å². The summed E-state index contributed by atoms with van der Waals surface area (Å²) in [6.45, 7) is 0. The molecule has 8 heteroatoms. The van der Waals surface area contributed by atoms with Crippen molar-refractivity contribution in [3.8, 4) is 10.6 Å². The Hall–Kier alpha value is -0.990. The van der Waals surface area contributed by atoms with Crippen LogP contribution >= 0.6 is 22.7 Å². The Morgan fingerprint density at radius 3 is 2.82 bits per heavy atom. The van der Waals surface area contributed by atoms with Crippen LogP contribution in [0.3, 0.4) is 0 Å². The lowest BCUT2D eigenvalue weighted by molar-refractivity contribution is 0.601. The van der Waals surface area contributed by atoms with E-state index in [4.69, 9.17) is 0 Å². The molecule has 2 rings (SSSR count). The predicted molar refractivity (Wildman–Crippen MR) is 71.3 cm³/mol. The highest BCUT2D eigenvalue weighted by Crippen LogP contribution is 2.29. The molecule has 92 valence electrons. The molecule has 0 bridgehead atoms. The van der Waals surface area contributed by atoms with Gasteiger partial charge < -0.3 is 5.32 Å². The summed E-state index contributed by atoms with van der Waals surface area (Å²) in [5, 5.41) is 6.31. The highest BCUT2D eigenvalue weighted by atomic mass is 32.2. The molecule has 0 radical (unpaired) electrons. The molecule has 5 nitrogen and oxygen atoms in total. The molecule has 2 aromatic rings. The van der Waals surface area contributed by atoms with E-state index in [0.29, 0.717) is 5.01 Å². The fourth-order valence-electron chi connectivity index (χ4n) is 1.22. The van der Waals surface area contributed by atoms with Crippen LogP contribution in [0.25, 0.3) is 10.6 Å². The summed E-state index contributed by atoms with van der Waals surface area (Å²) in [5.74, 6) is -0.0132. The number of anilines is 1. The van der Waals surface area contributed by atoms with Crippen molar-refractivity contribution >= 4 is 37.6 Å². The molecule has 0 aromatic carbocycles. The first-order valence-corrected chi connectivity index (χ1v) is 8.49. The van der Waals surface area contributed by atoms with Gasteiger partial charge in [0.25, 0.3) is 0 Å². The quantitative estimate of drug-likeness (QED) is 0.930. The molecular formula is C9H11N3O2S3. The number of nitrogens with zero attached hydrogens (tertiary/aromatic N) is 2.